The molecule has 2 unspecified atom stereocenters. The molecule has 0 aliphatic rings. The first-order valence-electron chi connectivity index (χ1n) is 6.39. The highest BCUT2D eigenvalue weighted by atomic mass is 16.4. The smallest absolute Gasteiger partial charge is 0.326 e. The van der Waals surface area contributed by atoms with Crippen LogP contribution in [-0.2, 0) is 4.79 Å². The second kappa shape index (κ2) is 7.41. The van der Waals surface area contributed by atoms with E-state index in [1.165, 1.54) is 0 Å². The zero-order valence-corrected chi connectivity index (χ0v) is 11.2. The van der Waals surface area contributed by atoms with Gasteiger partial charge >= 0.3 is 12.0 Å². The summed E-state index contributed by atoms with van der Waals surface area (Å²) >= 11 is 0. The van der Waals surface area contributed by atoms with E-state index in [0.717, 1.165) is 5.56 Å². The average Bonchev–Trinajstić information content (AvgIpc) is 2.39. The van der Waals surface area contributed by atoms with Crippen LogP contribution in [0, 0.1) is 0 Å². The van der Waals surface area contributed by atoms with Crippen LogP contribution in [0.3, 0.4) is 0 Å². The van der Waals surface area contributed by atoms with Gasteiger partial charge in [0.1, 0.15) is 6.04 Å². The summed E-state index contributed by atoms with van der Waals surface area (Å²) < 4.78 is 0. The fourth-order valence-electron chi connectivity index (χ4n) is 1.77. The van der Waals surface area contributed by atoms with Crippen LogP contribution in [0.2, 0.25) is 0 Å². The number of benzene rings is 1. The molecule has 0 aliphatic heterocycles. The quantitative estimate of drug-likeness (QED) is 0.737. The Morgan fingerprint density at radius 1 is 1.21 bits per heavy atom. The third kappa shape index (κ3) is 4.99. The highest BCUT2D eigenvalue weighted by Crippen LogP contribution is 2.10. The molecular weight excluding hydrogens is 244 g/mol. The van der Waals surface area contributed by atoms with E-state index in [-0.39, 0.29) is 6.04 Å². The number of amides is 2. The molecule has 5 heteroatoms. The molecule has 2 amide bonds. The molecule has 2 atom stereocenters. The van der Waals surface area contributed by atoms with Crippen molar-refractivity contribution in [2.45, 2.75) is 38.8 Å². The topological polar surface area (TPSA) is 78.4 Å². The van der Waals surface area contributed by atoms with Gasteiger partial charge in [0.25, 0.3) is 0 Å². The van der Waals surface area contributed by atoms with Crippen molar-refractivity contribution in [3.63, 3.8) is 0 Å². The Morgan fingerprint density at radius 3 is 2.37 bits per heavy atom. The number of hydrogen-bond acceptors (Lipinski definition) is 2. The van der Waals surface area contributed by atoms with Crippen LogP contribution in [0.25, 0.3) is 0 Å². The molecule has 0 saturated carbocycles. The van der Waals surface area contributed by atoms with Gasteiger partial charge in [-0.1, -0.05) is 43.7 Å². The zero-order valence-electron chi connectivity index (χ0n) is 11.2. The molecule has 0 aromatic heterocycles. The van der Waals surface area contributed by atoms with Gasteiger partial charge in [0.2, 0.25) is 0 Å². The van der Waals surface area contributed by atoms with E-state index in [4.69, 9.17) is 5.11 Å². The van der Waals surface area contributed by atoms with Crippen LogP contribution in [-0.4, -0.2) is 23.1 Å². The summed E-state index contributed by atoms with van der Waals surface area (Å²) in [7, 11) is 0. The SMILES string of the molecule is CCCC(NC(=O)NC(C)c1ccccc1)C(=O)O. The lowest BCUT2D eigenvalue weighted by Gasteiger charge is -2.18. The first-order chi connectivity index (χ1) is 9.04. The molecule has 0 saturated heterocycles. The molecular formula is C14H20N2O3. The van der Waals surface area contributed by atoms with E-state index in [1.54, 1.807) is 0 Å². The Morgan fingerprint density at radius 2 is 1.84 bits per heavy atom. The number of hydrogen-bond donors (Lipinski definition) is 3. The molecule has 0 spiro atoms. The molecule has 0 heterocycles. The van der Waals surface area contributed by atoms with Gasteiger partial charge in [-0.25, -0.2) is 9.59 Å². The van der Waals surface area contributed by atoms with Crippen molar-refractivity contribution < 1.29 is 14.7 Å². The highest BCUT2D eigenvalue weighted by Gasteiger charge is 2.19. The Hall–Kier alpha value is -2.04. The van der Waals surface area contributed by atoms with E-state index in [2.05, 4.69) is 10.6 Å². The van der Waals surface area contributed by atoms with Crippen LogP contribution >= 0.6 is 0 Å². The normalized spacial score (nSPS) is 13.4. The Balaban J connectivity index is 2.52. The van der Waals surface area contributed by atoms with Crippen LogP contribution < -0.4 is 10.6 Å². The maximum Gasteiger partial charge on any atom is 0.326 e. The van der Waals surface area contributed by atoms with Gasteiger partial charge in [0, 0.05) is 0 Å². The van der Waals surface area contributed by atoms with Crippen LogP contribution in [0.4, 0.5) is 4.79 Å². The van der Waals surface area contributed by atoms with E-state index < -0.39 is 18.0 Å². The van der Waals surface area contributed by atoms with Crippen LogP contribution in [0.1, 0.15) is 38.3 Å². The van der Waals surface area contributed by atoms with Crippen LogP contribution in [0.15, 0.2) is 30.3 Å². The van der Waals surface area contributed by atoms with Crippen molar-refractivity contribution in [3.05, 3.63) is 35.9 Å². The number of carbonyl (C=O) groups is 2. The van der Waals surface area contributed by atoms with Crippen molar-refractivity contribution in [3.8, 4) is 0 Å². The first kappa shape index (κ1) is 15.0. The fraction of sp³-hybridized carbons (Fsp3) is 0.429. The molecule has 104 valence electrons. The van der Waals surface area contributed by atoms with Crippen molar-refractivity contribution in [2.24, 2.45) is 0 Å². The van der Waals surface area contributed by atoms with Crippen molar-refractivity contribution in [1.82, 2.24) is 10.6 Å². The molecule has 0 fully saturated rings. The molecule has 0 radical (unpaired) electrons. The predicted octanol–water partition coefficient (Wildman–Crippen LogP) is 2.30. The molecule has 3 N–H and O–H groups in total. The number of rotatable bonds is 6. The number of carboxylic acids is 1. The maximum atomic E-state index is 11.7. The molecule has 5 nitrogen and oxygen atoms in total. The Bertz CT molecular complexity index is 420. The summed E-state index contributed by atoms with van der Waals surface area (Å²) in [6.07, 6.45) is 1.12. The van der Waals surface area contributed by atoms with Gasteiger partial charge in [-0.15, -0.1) is 0 Å². The van der Waals surface area contributed by atoms with Crippen molar-refractivity contribution in [1.29, 1.82) is 0 Å². The predicted molar refractivity (Wildman–Crippen MR) is 72.9 cm³/mol. The lowest BCUT2D eigenvalue weighted by molar-refractivity contribution is -0.139. The lowest BCUT2D eigenvalue weighted by atomic mass is 10.1. The zero-order chi connectivity index (χ0) is 14.3. The monoisotopic (exact) mass is 264 g/mol. The maximum absolute atomic E-state index is 11.7. The summed E-state index contributed by atoms with van der Waals surface area (Å²) in [6, 6.07) is 8.03. The fourth-order valence-corrected chi connectivity index (χ4v) is 1.77. The molecule has 19 heavy (non-hydrogen) atoms. The number of urea groups is 1. The van der Waals surface area contributed by atoms with Gasteiger partial charge in [-0.3, -0.25) is 0 Å². The van der Waals surface area contributed by atoms with E-state index in [0.29, 0.717) is 12.8 Å². The van der Waals surface area contributed by atoms with E-state index in [9.17, 15) is 9.59 Å². The second-order valence-corrected chi connectivity index (χ2v) is 4.43. The van der Waals surface area contributed by atoms with Gasteiger partial charge in [-0.05, 0) is 18.9 Å². The number of aliphatic carboxylic acids is 1. The van der Waals surface area contributed by atoms with Gasteiger partial charge < -0.3 is 15.7 Å². The summed E-state index contributed by atoms with van der Waals surface area (Å²) in [5.74, 6) is -1.01. The van der Waals surface area contributed by atoms with Gasteiger partial charge in [0.15, 0.2) is 0 Å². The highest BCUT2D eigenvalue weighted by molar-refractivity contribution is 5.82. The van der Waals surface area contributed by atoms with Crippen molar-refractivity contribution in [2.75, 3.05) is 0 Å². The third-order valence-electron chi connectivity index (χ3n) is 2.83. The molecule has 1 aromatic carbocycles. The summed E-state index contributed by atoms with van der Waals surface area (Å²) in [5, 5.41) is 14.2. The molecule has 0 aliphatic carbocycles. The lowest BCUT2D eigenvalue weighted by Crippen LogP contribution is -2.46. The largest absolute Gasteiger partial charge is 0.480 e. The number of carboxylic acid groups (broad SMARTS) is 1. The molecule has 0 bridgehead atoms. The first-order valence-corrected chi connectivity index (χ1v) is 6.39. The van der Waals surface area contributed by atoms with Crippen molar-refractivity contribution >= 4 is 12.0 Å². The summed E-state index contributed by atoms with van der Waals surface area (Å²) in [5.41, 5.74) is 0.972. The molecule has 1 rings (SSSR count). The standard InChI is InChI=1S/C14H20N2O3/c1-3-7-12(13(17)18)16-14(19)15-10(2)11-8-5-4-6-9-11/h4-6,8-10,12H,3,7H2,1-2H3,(H,17,18)(H2,15,16,19). The Kier molecular flexibility index (Phi) is 5.85. The van der Waals surface area contributed by atoms with Crippen LogP contribution in [0.5, 0.6) is 0 Å². The van der Waals surface area contributed by atoms with Gasteiger partial charge in [-0.2, -0.15) is 0 Å². The minimum Gasteiger partial charge on any atom is -0.480 e. The van der Waals surface area contributed by atoms with E-state index in [1.807, 2.05) is 44.2 Å². The van der Waals surface area contributed by atoms with E-state index >= 15 is 0 Å². The minimum absolute atomic E-state index is 0.169. The number of nitrogens with one attached hydrogen (secondary N) is 2. The summed E-state index contributed by atoms with van der Waals surface area (Å²) in [4.78, 5) is 22.7. The average molecular weight is 264 g/mol. The third-order valence-corrected chi connectivity index (χ3v) is 2.83. The Labute approximate surface area is 113 Å². The molecule has 1 aromatic rings. The minimum atomic E-state index is -1.01. The summed E-state index contributed by atoms with van der Waals surface area (Å²) in [6.45, 7) is 3.73. The van der Waals surface area contributed by atoms with Gasteiger partial charge in [0.05, 0.1) is 6.04 Å². The number of carbonyl (C=O) groups excluding carboxylic acids is 1. The second-order valence-electron chi connectivity index (χ2n) is 4.43.